The van der Waals surface area contributed by atoms with Gasteiger partial charge in [-0.25, -0.2) is 23.1 Å². The van der Waals surface area contributed by atoms with E-state index in [9.17, 15) is 8.42 Å². The molecule has 0 aliphatic carbocycles. The minimum Gasteiger partial charge on any atom is -0.378 e. The molecule has 0 unspecified atom stereocenters. The summed E-state index contributed by atoms with van der Waals surface area (Å²) < 4.78 is 34.6. The van der Waals surface area contributed by atoms with Crippen molar-refractivity contribution in [1.82, 2.24) is 24.5 Å². The molecule has 1 saturated heterocycles. The van der Waals surface area contributed by atoms with Crippen LogP contribution in [0.3, 0.4) is 0 Å². The number of hydrogen-bond donors (Lipinski definition) is 2. The lowest BCUT2D eigenvalue weighted by Gasteiger charge is -2.27. The Morgan fingerprint density at radius 1 is 1.19 bits per heavy atom. The summed E-state index contributed by atoms with van der Waals surface area (Å²) in [5.41, 5.74) is 1.10. The van der Waals surface area contributed by atoms with Crippen molar-refractivity contribution in [3.8, 4) is 0 Å². The summed E-state index contributed by atoms with van der Waals surface area (Å²) in [6.45, 7) is 7.00. The molecule has 1 aliphatic rings. The van der Waals surface area contributed by atoms with Crippen molar-refractivity contribution in [2.24, 2.45) is 7.05 Å². The third kappa shape index (κ3) is 4.54. The molecular formula is C16H25N7O3S. The van der Waals surface area contributed by atoms with Gasteiger partial charge in [-0.3, -0.25) is 4.68 Å². The van der Waals surface area contributed by atoms with Gasteiger partial charge in [0.25, 0.3) is 0 Å². The number of aryl methyl sites for hydroxylation is 2. The lowest BCUT2D eigenvalue weighted by Crippen LogP contribution is -2.36. The molecule has 0 radical (unpaired) electrons. The van der Waals surface area contributed by atoms with Gasteiger partial charge >= 0.3 is 0 Å². The van der Waals surface area contributed by atoms with E-state index in [1.165, 1.54) is 6.33 Å². The second-order valence-electron chi connectivity index (χ2n) is 6.31. The van der Waals surface area contributed by atoms with Crippen LogP contribution < -0.4 is 14.9 Å². The highest BCUT2D eigenvalue weighted by atomic mass is 32.2. The second kappa shape index (κ2) is 8.19. The van der Waals surface area contributed by atoms with Crippen LogP contribution in [-0.4, -0.2) is 67.6 Å². The number of sulfonamides is 1. The Bertz CT molecular complexity index is 891. The van der Waals surface area contributed by atoms with Gasteiger partial charge in [-0.05, 0) is 13.8 Å². The monoisotopic (exact) mass is 395 g/mol. The van der Waals surface area contributed by atoms with Gasteiger partial charge in [-0.2, -0.15) is 5.10 Å². The lowest BCUT2D eigenvalue weighted by molar-refractivity contribution is 0.122. The van der Waals surface area contributed by atoms with Crippen LogP contribution in [0, 0.1) is 13.8 Å². The Hall–Kier alpha value is -2.24. The topological polar surface area (TPSA) is 114 Å². The average molecular weight is 395 g/mol. The predicted molar refractivity (Wildman–Crippen MR) is 101 cm³/mol. The first-order valence-corrected chi connectivity index (χ1v) is 10.3. The maximum Gasteiger partial charge on any atom is 0.244 e. The first-order chi connectivity index (χ1) is 12.9. The summed E-state index contributed by atoms with van der Waals surface area (Å²) in [4.78, 5) is 10.8. The summed E-state index contributed by atoms with van der Waals surface area (Å²) in [7, 11) is -1.88. The van der Waals surface area contributed by atoms with Gasteiger partial charge in [0.2, 0.25) is 10.0 Å². The van der Waals surface area contributed by atoms with E-state index in [1.54, 1.807) is 25.6 Å². The number of hydrogen-bond acceptors (Lipinski definition) is 8. The maximum atomic E-state index is 12.5. The molecule has 2 aromatic heterocycles. The first kappa shape index (κ1) is 19.5. The normalized spacial score (nSPS) is 15.1. The zero-order chi connectivity index (χ0) is 19.4. The summed E-state index contributed by atoms with van der Waals surface area (Å²) in [5, 5.41) is 7.28. The van der Waals surface area contributed by atoms with E-state index >= 15 is 0 Å². The highest BCUT2D eigenvalue weighted by Gasteiger charge is 2.23. The van der Waals surface area contributed by atoms with Gasteiger partial charge in [0.15, 0.2) is 0 Å². The van der Waals surface area contributed by atoms with Crippen molar-refractivity contribution in [2.45, 2.75) is 18.7 Å². The molecule has 10 nitrogen and oxygen atoms in total. The molecule has 3 rings (SSSR count). The fourth-order valence-electron chi connectivity index (χ4n) is 3.00. The molecule has 0 spiro atoms. The minimum atomic E-state index is -3.61. The molecule has 27 heavy (non-hydrogen) atoms. The third-order valence-electron chi connectivity index (χ3n) is 4.42. The van der Waals surface area contributed by atoms with E-state index in [-0.39, 0.29) is 11.4 Å². The van der Waals surface area contributed by atoms with Crippen molar-refractivity contribution in [3.63, 3.8) is 0 Å². The zero-order valence-electron chi connectivity index (χ0n) is 15.8. The molecular weight excluding hydrogens is 370 g/mol. The SMILES string of the molecule is Cc1nn(C)c(C)c1S(=O)(=O)NCCNc1cc(N2CCOCC2)ncn1. The van der Waals surface area contributed by atoms with E-state index in [2.05, 4.69) is 30.0 Å². The van der Waals surface area contributed by atoms with Crippen molar-refractivity contribution in [2.75, 3.05) is 49.6 Å². The van der Waals surface area contributed by atoms with Crippen molar-refractivity contribution >= 4 is 21.7 Å². The summed E-state index contributed by atoms with van der Waals surface area (Å²) >= 11 is 0. The molecule has 0 atom stereocenters. The fraction of sp³-hybridized carbons (Fsp3) is 0.562. The fourth-order valence-corrected chi connectivity index (χ4v) is 4.47. The van der Waals surface area contributed by atoms with E-state index in [0.29, 0.717) is 37.0 Å². The van der Waals surface area contributed by atoms with Gasteiger partial charge in [0.05, 0.1) is 24.6 Å². The van der Waals surface area contributed by atoms with Crippen LogP contribution in [0.5, 0.6) is 0 Å². The molecule has 0 bridgehead atoms. The van der Waals surface area contributed by atoms with Crippen LogP contribution in [-0.2, 0) is 21.8 Å². The van der Waals surface area contributed by atoms with Gasteiger partial charge in [0, 0.05) is 39.3 Å². The highest BCUT2D eigenvalue weighted by molar-refractivity contribution is 7.89. The van der Waals surface area contributed by atoms with Crippen LogP contribution >= 0.6 is 0 Å². The van der Waals surface area contributed by atoms with E-state index in [0.717, 1.165) is 18.9 Å². The predicted octanol–water partition coefficient (Wildman–Crippen LogP) is 0.0539. The highest BCUT2D eigenvalue weighted by Crippen LogP contribution is 2.18. The van der Waals surface area contributed by atoms with E-state index in [1.807, 2.05) is 6.07 Å². The number of ether oxygens (including phenoxy) is 1. The van der Waals surface area contributed by atoms with Crippen LogP contribution in [0.1, 0.15) is 11.4 Å². The van der Waals surface area contributed by atoms with E-state index in [4.69, 9.17) is 4.74 Å². The summed E-state index contributed by atoms with van der Waals surface area (Å²) in [5.74, 6) is 1.48. The molecule has 2 aromatic rings. The summed E-state index contributed by atoms with van der Waals surface area (Å²) in [6, 6.07) is 1.86. The lowest BCUT2D eigenvalue weighted by atomic mass is 10.4. The number of rotatable bonds is 7. The van der Waals surface area contributed by atoms with Crippen molar-refractivity contribution in [1.29, 1.82) is 0 Å². The Balaban J connectivity index is 1.55. The zero-order valence-corrected chi connectivity index (χ0v) is 16.6. The quantitative estimate of drug-likeness (QED) is 0.633. The van der Waals surface area contributed by atoms with Crippen LogP contribution in [0.25, 0.3) is 0 Å². The standard InChI is InChI=1S/C16H25N7O3S/c1-12-16(13(2)22(3)21-12)27(24,25)20-5-4-17-14-10-15(19-11-18-14)23-6-8-26-9-7-23/h10-11,20H,4-9H2,1-3H3,(H,17,18,19). The molecule has 148 valence electrons. The molecule has 0 amide bonds. The van der Waals surface area contributed by atoms with Crippen LogP contribution in [0.2, 0.25) is 0 Å². The van der Waals surface area contributed by atoms with Gasteiger partial charge < -0.3 is 15.0 Å². The molecule has 1 fully saturated rings. The third-order valence-corrected chi connectivity index (χ3v) is 6.13. The molecule has 11 heteroatoms. The first-order valence-electron chi connectivity index (χ1n) is 8.77. The van der Waals surface area contributed by atoms with Crippen LogP contribution in [0.4, 0.5) is 11.6 Å². The van der Waals surface area contributed by atoms with Crippen molar-refractivity contribution in [3.05, 3.63) is 23.8 Å². The Kier molecular flexibility index (Phi) is 5.92. The Morgan fingerprint density at radius 3 is 2.59 bits per heavy atom. The number of aromatic nitrogens is 4. The Morgan fingerprint density at radius 2 is 1.93 bits per heavy atom. The second-order valence-corrected chi connectivity index (χ2v) is 8.01. The molecule has 1 aliphatic heterocycles. The minimum absolute atomic E-state index is 0.229. The van der Waals surface area contributed by atoms with Crippen molar-refractivity contribution < 1.29 is 13.2 Å². The smallest absolute Gasteiger partial charge is 0.244 e. The largest absolute Gasteiger partial charge is 0.378 e. The molecule has 3 heterocycles. The average Bonchev–Trinajstić information content (AvgIpc) is 2.92. The molecule has 0 aromatic carbocycles. The van der Waals surface area contributed by atoms with Gasteiger partial charge in [-0.15, -0.1) is 0 Å². The maximum absolute atomic E-state index is 12.5. The molecule has 2 N–H and O–H groups in total. The van der Waals surface area contributed by atoms with E-state index < -0.39 is 10.0 Å². The van der Waals surface area contributed by atoms with Gasteiger partial charge in [-0.1, -0.05) is 0 Å². The summed E-state index contributed by atoms with van der Waals surface area (Å²) in [6.07, 6.45) is 1.50. The number of anilines is 2. The molecule has 0 saturated carbocycles. The number of nitrogens with zero attached hydrogens (tertiary/aromatic N) is 5. The van der Waals surface area contributed by atoms with Crippen LogP contribution in [0.15, 0.2) is 17.3 Å². The number of nitrogens with one attached hydrogen (secondary N) is 2. The number of morpholine rings is 1. The van der Waals surface area contributed by atoms with Gasteiger partial charge in [0.1, 0.15) is 22.9 Å². The Labute approximate surface area is 159 Å².